The third-order valence-corrected chi connectivity index (χ3v) is 2.46. The molecule has 0 heterocycles. The van der Waals surface area contributed by atoms with Crippen LogP contribution in [-0.2, 0) is 4.79 Å². The number of aliphatic hydroxyl groups is 1. The van der Waals surface area contributed by atoms with Gasteiger partial charge in [-0.05, 0) is 46.1 Å². The molecular formula is C12H26N2O2. The summed E-state index contributed by atoms with van der Waals surface area (Å²) in [5.74, 6) is 0.395. The van der Waals surface area contributed by atoms with Crippen molar-refractivity contribution in [1.82, 2.24) is 10.6 Å². The summed E-state index contributed by atoms with van der Waals surface area (Å²) in [6.45, 7) is 8.85. The Morgan fingerprint density at radius 3 is 2.38 bits per heavy atom. The highest BCUT2D eigenvalue weighted by Gasteiger charge is 2.12. The number of carbonyl (C=O) groups is 1. The molecule has 0 aromatic rings. The monoisotopic (exact) mass is 230 g/mol. The fourth-order valence-electron chi connectivity index (χ4n) is 1.36. The molecule has 0 fully saturated rings. The molecule has 0 radical (unpaired) electrons. The second-order valence-corrected chi connectivity index (χ2v) is 4.77. The van der Waals surface area contributed by atoms with Crippen molar-refractivity contribution in [3.8, 4) is 0 Å². The third-order valence-electron chi connectivity index (χ3n) is 2.46. The lowest BCUT2D eigenvalue weighted by atomic mass is 10.1. The maximum atomic E-state index is 11.5. The lowest BCUT2D eigenvalue weighted by Gasteiger charge is -2.16. The molecule has 0 rings (SSSR count). The summed E-state index contributed by atoms with van der Waals surface area (Å²) in [5, 5.41) is 14.9. The van der Waals surface area contributed by atoms with Gasteiger partial charge in [0.25, 0.3) is 0 Å². The zero-order valence-corrected chi connectivity index (χ0v) is 10.9. The van der Waals surface area contributed by atoms with Crippen molar-refractivity contribution in [3.05, 3.63) is 0 Å². The molecule has 0 bridgehead atoms. The van der Waals surface area contributed by atoms with E-state index in [2.05, 4.69) is 10.6 Å². The van der Waals surface area contributed by atoms with Crippen molar-refractivity contribution in [2.45, 2.75) is 52.6 Å². The number of hydrogen-bond acceptors (Lipinski definition) is 3. The second kappa shape index (κ2) is 8.53. The summed E-state index contributed by atoms with van der Waals surface area (Å²) < 4.78 is 0. The first-order valence-electron chi connectivity index (χ1n) is 6.12. The smallest absolute Gasteiger partial charge is 0.237 e. The molecule has 96 valence electrons. The van der Waals surface area contributed by atoms with Crippen LogP contribution in [0, 0.1) is 5.92 Å². The third kappa shape index (κ3) is 7.65. The fourth-order valence-corrected chi connectivity index (χ4v) is 1.36. The Morgan fingerprint density at radius 1 is 1.25 bits per heavy atom. The van der Waals surface area contributed by atoms with Crippen molar-refractivity contribution in [2.75, 3.05) is 13.2 Å². The molecule has 0 aromatic heterocycles. The maximum absolute atomic E-state index is 11.5. The van der Waals surface area contributed by atoms with E-state index < -0.39 is 0 Å². The van der Waals surface area contributed by atoms with Crippen LogP contribution in [-0.4, -0.2) is 36.2 Å². The molecule has 16 heavy (non-hydrogen) atoms. The van der Waals surface area contributed by atoms with Gasteiger partial charge in [-0.25, -0.2) is 0 Å². The molecule has 0 aliphatic rings. The van der Waals surface area contributed by atoms with Gasteiger partial charge < -0.3 is 15.7 Å². The number of nitrogens with one attached hydrogen (secondary N) is 2. The average Bonchev–Trinajstić information content (AvgIpc) is 2.22. The van der Waals surface area contributed by atoms with Gasteiger partial charge in [-0.1, -0.05) is 6.92 Å². The van der Waals surface area contributed by atoms with Gasteiger partial charge in [-0.3, -0.25) is 4.79 Å². The van der Waals surface area contributed by atoms with Crippen molar-refractivity contribution >= 4 is 5.91 Å². The molecule has 0 aliphatic heterocycles. The molecule has 0 spiro atoms. The van der Waals surface area contributed by atoms with Gasteiger partial charge in [0.2, 0.25) is 5.91 Å². The number of aliphatic hydroxyl groups excluding tert-OH is 1. The Balaban J connectivity index is 3.57. The van der Waals surface area contributed by atoms with Gasteiger partial charge >= 0.3 is 0 Å². The Labute approximate surface area is 98.8 Å². The van der Waals surface area contributed by atoms with E-state index in [0.29, 0.717) is 5.92 Å². The number of amides is 1. The van der Waals surface area contributed by atoms with E-state index in [9.17, 15) is 4.79 Å². The van der Waals surface area contributed by atoms with Crippen LogP contribution in [0.4, 0.5) is 0 Å². The molecule has 0 saturated carbocycles. The predicted molar refractivity (Wildman–Crippen MR) is 66.2 cm³/mol. The van der Waals surface area contributed by atoms with Gasteiger partial charge in [-0.15, -0.1) is 0 Å². The molecule has 4 heteroatoms. The second-order valence-electron chi connectivity index (χ2n) is 4.77. The predicted octanol–water partition coefficient (Wildman–Crippen LogP) is 0.898. The number of carbonyl (C=O) groups excluding carboxylic acids is 1. The Kier molecular flexibility index (Phi) is 8.21. The number of rotatable bonds is 8. The summed E-state index contributed by atoms with van der Waals surface area (Å²) in [7, 11) is 0. The first-order chi connectivity index (χ1) is 7.47. The van der Waals surface area contributed by atoms with E-state index in [1.165, 1.54) is 0 Å². The van der Waals surface area contributed by atoms with E-state index in [1.54, 1.807) is 0 Å². The zero-order chi connectivity index (χ0) is 12.6. The van der Waals surface area contributed by atoms with E-state index in [1.807, 2.05) is 27.7 Å². The van der Waals surface area contributed by atoms with Gasteiger partial charge in [0.1, 0.15) is 0 Å². The van der Waals surface area contributed by atoms with Crippen LogP contribution in [0.1, 0.15) is 40.5 Å². The van der Waals surface area contributed by atoms with Crippen LogP contribution in [0.5, 0.6) is 0 Å². The fraction of sp³-hybridized carbons (Fsp3) is 0.917. The van der Waals surface area contributed by atoms with Gasteiger partial charge in [-0.2, -0.15) is 0 Å². The van der Waals surface area contributed by atoms with E-state index >= 15 is 0 Å². The summed E-state index contributed by atoms with van der Waals surface area (Å²) in [6.07, 6.45) is 1.98. The standard InChI is InChI=1S/C12H26N2O2/c1-9(2)14-12(16)11(4)13-7-5-6-10(3)8-15/h9-11,13,15H,5-8H2,1-4H3,(H,14,16). The lowest BCUT2D eigenvalue weighted by molar-refractivity contribution is -0.123. The molecule has 2 unspecified atom stereocenters. The Bertz CT molecular complexity index is 195. The van der Waals surface area contributed by atoms with Crippen molar-refractivity contribution in [3.63, 3.8) is 0 Å². The summed E-state index contributed by atoms with van der Waals surface area (Å²) in [4.78, 5) is 11.5. The van der Waals surface area contributed by atoms with Crippen LogP contribution in [0.2, 0.25) is 0 Å². The lowest BCUT2D eigenvalue weighted by Crippen LogP contribution is -2.44. The Hall–Kier alpha value is -0.610. The molecule has 3 N–H and O–H groups in total. The number of hydrogen-bond donors (Lipinski definition) is 3. The van der Waals surface area contributed by atoms with Gasteiger partial charge in [0, 0.05) is 12.6 Å². The van der Waals surface area contributed by atoms with Gasteiger partial charge in [0.15, 0.2) is 0 Å². The highest BCUT2D eigenvalue weighted by Crippen LogP contribution is 2.02. The van der Waals surface area contributed by atoms with E-state index in [4.69, 9.17) is 5.11 Å². The summed E-state index contributed by atoms with van der Waals surface area (Å²) in [5.41, 5.74) is 0. The van der Waals surface area contributed by atoms with Crippen molar-refractivity contribution in [2.24, 2.45) is 5.92 Å². The minimum atomic E-state index is -0.146. The normalized spacial score (nSPS) is 14.9. The van der Waals surface area contributed by atoms with Crippen LogP contribution in [0.15, 0.2) is 0 Å². The highest BCUT2D eigenvalue weighted by atomic mass is 16.3. The maximum Gasteiger partial charge on any atom is 0.237 e. The molecule has 0 aromatic carbocycles. The zero-order valence-electron chi connectivity index (χ0n) is 10.9. The summed E-state index contributed by atoms with van der Waals surface area (Å²) in [6, 6.07) is 0.0398. The molecular weight excluding hydrogens is 204 g/mol. The first-order valence-corrected chi connectivity index (χ1v) is 6.12. The highest BCUT2D eigenvalue weighted by molar-refractivity contribution is 5.81. The van der Waals surface area contributed by atoms with Crippen molar-refractivity contribution < 1.29 is 9.90 Å². The summed E-state index contributed by atoms with van der Waals surface area (Å²) >= 11 is 0. The molecule has 0 aliphatic carbocycles. The largest absolute Gasteiger partial charge is 0.396 e. The van der Waals surface area contributed by atoms with Crippen LogP contribution in [0.25, 0.3) is 0 Å². The Morgan fingerprint density at radius 2 is 1.88 bits per heavy atom. The molecule has 2 atom stereocenters. The topological polar surface area (TPSA) is 61.4 Å². The molecule has 0 saturated heterocycles. The molecule has 1 amide bonds. The average molecular weight is 230 g/mol. The van der Waals surface area contributed by atoms with Crippen LogP contribution < -0.4 is 10.6 Å². The van der Waals surface area contributed by atoms with E-state index in [-0.39, 0.29) is 24.6 Å². The minimum absolute atomic E-state index is 0.0465. The van der Waals surface area contributed by atoms with Gasteiger partial charge in [0.05, 0.1) is 6.04 Å². The minimum Gasteiger partial charge on any atom is -0.396 e. The quantitative estimate of drug-likeness (QED) is 0.543. The first kappa shape index (κ1) is 15.4. The van der Waals surface area contributed by atoms with Crippen molar-refractivity contribution in [1.29, 1.82) is 0 Å². The van der Waals surface area contributed by atoms with E-state index in [0.717, 1.165) is 19.4 Å². The van der Waals surface area contributed by atoms with Crippen LogP contribution >= 0.6 is 0 Å². The SMILES string of the molecule is CC(CO)CCCNC(C)C(=O)NC(C)C. The molecule has 4 nitrogen and oxygen atoms in total. The van der Waals surface area contributed by atoms with Crippen LogP contribution in [0.3, 0.4) is 0 Å².